The Hall–Kier alpha value is -2.76. The topological polar surface area (TPSA) is 62.2 Å². The Morgan fingerprint density at radius 2 is 2.18 bits per heavy atom. The minimum atomic E-state index is -0.108. The first-order chi connectivity index (χ1) is 10.8. The van der Waals surface area contributed by atoms with E-state index in [9.17, 15) is 4.79 Å². The Labute approximate surface area is 129 Å². The van der Waals surface area contributed by atoms with Crippen LogP contribution < -0.4 is 4.90 Å². The highest BCUT2D eigenvalue weighted by Gasteiger charge is 2.24. The lowest BCUT2D eigenvalue weighted by molar-refractivity contribution is 0.0745. The van der Waals surface area contributed by atoms with Crippen molar-refractivity contribution in [1.29, 1.82) is 0 Å². The van der Waals surface area contributed by atoms with Gasteiger partial charge in [0.1, 0.15) is 11.5 Å². The highest BCUT2D eigenvalue weighted by atomic mass is 16.2. The lowest BCUT2D eigenvalue weighted by Crippen LogP contribution is -2.36. The van der Waals surface area contributed by atoms with Crippen molar-refractivity contribution in [2.75, 3.05) is 24.5 Å². The van der Waals surface area contributed by atoms with Crippen LogP contribution in [0.2, 0.25) is 0 Å². The minimum absolute atomic E-state index is 0.108. The van der Waals surface area contributed by atoms with Crippen LogP contribution in [0, 0.1) is 0 Å². The fourth-order valence-corrected chi connectivity index (χ4v) is 2.55. The van der Waals surface area contributed by atoms with Gasteiger partial charge in [-0.3, -0.25) is 9.78 Å². The molecule has 0 saturated heterocycles. The molecule has 0 atom stereocenters. The van der Waals surface area contributed by atoms with E-state index in [-0.39, 0.29) is 5.91 Å². The van der Waals surface area contributed by atoms with Crippen molar-refractivity contribution in [3.8, 4) is 0 Å². The monoisotopic (exact) mass is 295 g/mol. The third kappa shape index (κ3) is 2.81. The third-order valence-corrected chi connectivity index (χ3v) is 3.59. The number of nitrogens with zero attached hydrogens (tertiary/aromatic N) is 5. The number of hydrogen-bond donors (Lipinski definition) is 0. The van der Waals surface area contributed by atoms with Gasteiger partial charge in [-0.1, -0.05) is 12.1 Å². The van der Waals surface area contributed by atoms with Crippen molar-refractivity contribution < 1.29 is 4.79 Å². The molecule has 3 rings (SSSR count). The summed E-state index contributed by atoms with van der Waals surface area (Å²) in [5.74, 6) is 0.806. The fourth-order valence-electron chi connectivity index (χ4n) is 2.55. The number of anilines is 1. The molecule has 0 aromatic carbocycles. The highest BCUT2D eigenvalue weighted by Crippen LogP contribution is 2.22. The molecule has 112 valence electrons. The van der Waals surface area contributed by atoms with Gasteiger partial charge in [0, 0.05) is 50.3 Å². The molecule has 0 fully saturated rings. The van der Waals surface area contributed by atoms with E-state index in [4.69, 9.17) is 0 Å². The molecule has 2 aromatic heterocycles. The van der Waals surface area contributed by atoms with Gasteiger partial charge in [-0.25, -0.2) is 9.97 Å². The van der Waals surface area contributed by atoms with E-state index in [0.29, 0.717) is 31.9 Å². The van der Waals surface area contributed by atoms with Crippen molar-refractivity contribution >= 4 is 11.7 Å². The van der Waals surface area contributed by atoms with Crippen LogP contribution in [0.3, 0.4) is 0 Å². The van der Waals surface area contributed by atoms with Gasteiger partial charge in [-0.2, -0.15) is 0 Å². The molecule has 1 amide bonds. The normalized spacial score (nSPS) is 14.2. The van der Waals surface area contributed by atoms with E-state index in [1.54, 1.807) is 17.3 Å². The molecular weight excluding hydrogens is 278 g/mol. The SMILES string of the molecule is C=CCN1CCN(C(=O)c2cnccn2)Cc2cccnc21. The van der Waals surface area contributed by atoms with Crippen molar-refractivity contribution in [2.45, 2.75) is 6.54 Å². The average Bonchev–Trinajstić information content (AvgIpc) is 2.75. The maximum absolute atomic E-state index is 12.6. The standard InChI is InChI=1S/C16H17N5O/c1-2-8-20-9-10-21(12-13-4-3-5-19-15(13)20)16(22)14-11-17-6-7-18-14/h2-7,11H,1,8-10,12H2. The Balaban J connectivity index is 1.88. The maximum Gasteiger partial charge on any atom is 0.274 e. The van der Waals surface area contributed by atoms with Gasteiger partial charge in [0.05, 0.1) is 6.20 Å². The largest absolute Gasteiger partial charge is 0.351 e. The Morgan fingerprint density at radius 1 is 1.27 bits per heavy atom. The van der Waals surface area contributed by atoms with Crippen LogP contribution in [0.5, 0.6) is 0 Å². The zero-order chi connectivity index (χ0) is 15.4. The molecule has 0 aliphatic carbocycles. The summed E-state index contributed by atoms with van der Waals surface area (Å²) in [4.78, 5) is 29.0. The van der Waals surface area contributed by atoms with Gasteiger partial charge in [-0.05, 0) is 6.07 Å². The molecule has 0 spiro atoms. The van der Waals surface area contributed by atoms with Crippen molar-refractivity contribution in [3.05, 3.63) is 60.8 Å². The lowest BCUT2D eigenvalue weighted by atomic mass is 10.2. The number of fused-ring (bicyclic) bond motifs is 1. The zero-order valence-corrected chi connectivity index (χ0v) is 12.2. The molecule has 0 N–H and O–H groups in total. The van der Waals surface area contributed by atoms with Gasteiger partial charge in [0.25, 0.3) is 5.91 Å². The fraction of sp³-hybridized carbons (Fsp3) is 0.250. The Bertz CT molecular complexity index is 673. The quantitative estimate of drug-likeness (QED) is 0.803. The van der Waals surface area contributed by atoms with Gasteiger partial charge in [0.15, 0.2) is 0 Å². The van der Waals surface area contributed by atoms with Gasteiger partial charge in [0.2, 0.25) is 0 Å². The molecule has 1 aliphatic heterocycles. The van der Waals surface area contributed by atoms with Crippen LogP contribution in [0.1, 0.15) is 16.1 Å². The number of carbonyl (C=O) groups excluding carboxylic acids is 1. The summed E-state index contributed by atoms with van der Waals surface area (Å²) in [6.45, 7) is 6.34. The van der Waals surface area contributed by atoms with Crippen molar-refractivity contribution in [1.82, 2.24) is 19.9 Å². The Morgan fingerprint density at radius 3 is 2.95 bits per heavy atom. The summed E-state index contributed by atoms with van der Waals surface area (Å²) < 4.78 is 0. The second-order valence-corrected chi connectivity index (χ2v) is 5.04. The molecule has 3 heterocycles. The van der Waals surface area contributed by atoms with E-state index >= 15 is 0 Å². The predicted octanol–water partition coefficient (Wildman–Crippen LogP) is 1.52. The maximum atomic E-state index is 12.6. The second kappa shape index (κ2) is 6.34. The van der Waals surface area contributed by atoms with Crippen molar-refractivity contribution in [3.63, 3.8) is 0 Å². The lowest BCUT2D eigenvalue weighted by Gasteiger charge is -2.22. The molecule has 0 unspecified atom stereocenters. The summed E-state index contributed by atoms with van der Waals surface area (Å²) in [5.41, 5.74) is 1.39. The number of amides is 1. The minimum Gasteiger partial charge on any atom is -0.351 e. The molecule has 0 radical (unpaired) electrons. The first-order valence-corrected chi connectivity index (χ1v) is 7.14. The number of rotatable bonds is 3. The second-order valence-electron chi connectivity index (χ2n) is 5.04. The molecule has 2 aromatic rings. The molecular formula is C16H17N5O. The summed E-state index contributed by atoms with van der Waals surface area (Å²) in [7, 11) is 0. The predicted molar refractivity (Wildman–Crippen MR) is 83.4 cm³/mol. The van der Waals surface area contributed by atoms with E-state index in [1.807, 2.05) is 18.2 Å². The smallest absolute Gasteiger partial charge is 0.274 e. The van der Waals surface area contributed by atoms with E-state index in [1.165, 1.54) is 12.4 Å². The highest BCUT2D eigenvalue weighted by molar-refractivity contribution is 5.92. The average molecular weight is 295 g/mol. The zero-order valence-electron chi connectivity index (χ0n) is 12.2. The van der Waals surface area contributed by atoms with Crippen LogP contribution in [-0.4, -0.2) is 45.4 Å². The van der Waals surface area contributed by atoms with Crippen LogP contribution >= 0.6 is 0 Å². The van der Waals surface area contributed by atoms with Gasteiger partial charge < -0.3 is 9.80 Å². The summed E-state index contributed by atoms with van der Waals surface area (Å²) >= 11 is 0. The van der Waals surface area contributed by atoms with Gasteiger partial charge >= 0.3 is 0 Å². The first-order valence-electron chi connectivity index (χ1n) is 7.14. The van der Waals surface area contributed by atoms with Crippen LogP contribution in [0.25, 0.3) is 0 Å². The van der Waals surface area contributed by atoms with E-state index in [2.05, 4.69) is 26.4 Å². The summed E-state index contributed by atoms with van der Waals surface area (Å²) in [5, 5.41) is 0. The van der Waals surface area contributed by atoms with Crippen LogP contribution in [0.15, 0.2) is 49.6 Å². The molecule has 22 heavy (non-hydrogen) atoms. The number of carbonyl (C=O) groups is 1. The molecule has 1 aliphatic rings. The summed E-state index contributed by atoms with van der Waals surface area (Å²) in [6, 6.07) is 3.89. The summed E-state index contributed by atoms with van der Waals surface area (Å²) in [6.07, 6.45) is 8.21. The van der Waals surface area contributed by atoms with E-state index < -0.39 is 0 Å². The first kappa shape index (κ1) is 14.2. The Kier molecular flexibility index (Phi) is 4.09. The van der Waals surface area contributed by atoms with E-state index in [0.717, 1.165) is 11.4 Å². The van der Waals surface area contributed by atoms with Crippen molar-refractivity contribution in [2.24, 2.45) is 0 Å². The molecule has 6 nitrogen and oxygen atoms in total. The molecule has 6 heteroatoms. The number of hydrogen-bond acceptors (Lipinski definition) is 5. The third-order valence-electron chi connectivity index (χ3n) is 3.59. The molecule has 0 saturated carbocycles. The van der Waals surface area contributed by atoms with Crippen LogP contribution in [-0.2, 0) is 6.54 Å². The van der Waals surface area contributed by atoms with Crippen LogP contribution in [0.4, 0.5) is 5.82 Å². The number of aromatic nitrogens is 3. The van der Waals surface area contributed by atoms with Gasteiger partial charge in [-0.15, -0.1) is 6.58 Å². The molecule has 0 bridgehead atoms. The number of pyridine rings is 1.